The highest BCUT2D eigenvalue weighted by molar-refractivity contribution is 5.80. The molecule has 0 heterocycles. The van der Waals surface area contributed by atoms with E-state index in [1.54, 1.807) is 0 Å². The van der Waals surface area contributed by atoms with Crippen LogP contribution in [0.4, 0.5) is 18.9 Å². The molecule has 4 N–H and O–H groups in total. The fraction of sp³-hybridized carbons (Fsp3) is 0.417. The Labute approximate surface area is 108 Å². The number of nitrogens with zero attached hydrogens (tertiary/aromatic N) is 1. The molecule has 2 rings (SSSR count). The largest absolute Gasteiger partial charge is 0.409 e. The second-order valence-corrected chi connectivity index (χ2v) is 4.87. The first-order chi connectivity index (χ1) is 8.96. The maximum absolute atomic E-state index is 13.4. The van der Waals surface area contributed by atoms with Crippen molar-refractivity contribution >= 4 is 11.5 Å². The molecule has 0 unspecified atom stereocenters. The lowest BCUT2D eigenvalue weighted by atomic mass is 10.0. The Morgan fingerprint density at radius 3 is 2.63 bits per heavy atom. The molecule has 7 heteroatoms. The van der Waals surface area contributed by atoms with Crippen molar-refractivity contribution < 1.29 is 18.4 Å². The van der Waals surface area contributed by atoms with Gasteiger partial charge >= 0.3 is 0 Å². The fourth-order valence-corrected chi connectivity index (χ4v) is 1.98. The molecule has 1 aromatic carbocycles. The van der Waals surface area contributed by atoms with Crippen LogP contribution in [-0.4, -0.2) is 17.6 Å². The first-order valence-corrected chi connectivity index (χ1v) is 5.81. The summed E-state index contributed by atoms with van der Waals surface area (Å²) in [6.07, 6.45) is 2.02. The average molecular weight is 273 g/mol. The van der Waals surface area contributed by atoms with Crippen LogP contribution < -0.4 is 11.1 Å². The van der Waals surface area contributed by atoms with Gasteiger partial charge < -0.3 is 16.3 Å². The van der Waals surface area contributed by atoms with Crippen LogP contribution in [0.5, 0.6) is 0 Å². The van der Waals surface area contributed by atoms with Crippen molar-refractivity contribution in [3.63, 3.8) is 0 Å². The molecule has 4 nitrogen and oxygen atoms in total. The van der Waals surface area contributed by atoms with Crippen LogP contribution in [0.25, 0.3) is 0 Å². The molecule has 1 aliphatic carbocycles. The second-order valence-electron chi connectivity index (χ2n) is 4.87. The summed E-state index contributed by atoms with van der Waals surface area (Å²) in [4.78, 5) is 0. The third-order valence-corrected chi connectivity index (χ3v) is 3.29. The van der Waals surface area contributed by atoms with Crippen LogP contribution in [0.2, 0.25) is 0 Å². The molecule has 1 aliphatic rings. The van der Waals surface area contributed by atoms with Crippen LogP contribution >= 0.6 is 0 Å². The van der Waals surface area contributed by atoms with Crippen molar-refractivity contribution in [3.05, 3.63) is 29.6 Å². The van der Waals surface area contributed by atoms with Crippen LogP contribution in [0.3, 0.4) is 0 Å². The summed E-state index contributed by atoms with van der Waals surface area (Å²) in [6.45, 7) is 0.309. The molecule has 0 aromatic heterocycles. The summed E-state index contributed by atoms with van der Waals surface area (Å²) >= 11 is 0. The topological polar surface area (TPSA) is 70.6 Å². The zero-order chi connectivity index (χ0) is 14.0. The van der Waals surface area contributed by atoms with Gasteiger partial charge in [0, 0.05) is 25.1 Å². The molecule has 0 aliphatic heterocycles. The Morgan fingerprint density at radius 1 is 1.37 bits per heavy atom. The second kappa shape index (κ2) is 4.99. The average Bonchev–Trinajstić information content (AvgIpc) is 3.12. The fourth-order valence-electron chi connectivity index (χ4n) is 1.98. The van der Waals surface area contributed by atoms with Crippen LogP contribution in [-0.2, 0) is 0 Å². The van der Waals surface area contributed by atoms with Crippen LogP contribution in [0, 0.1) is 22.9 Å². The number of rotatable bonds is 5. The van der Waals surface area contributed by atoms with Crippen LogP contribution in [0.1, 0.15) is 19.3 Å². The standard InChI is InChI=1S/C12H14F3N3O/c13-7-3-8(14)11(15)9(4-7)17-6-12(1-2-12)5-10(16)18-19/h3-4,17,19H,1-2,5-6H2,(H2,16,18). The Morgan fingerprint density at radius 2 is 2.05 bits per heavy atom. The van der Waals surface area contributed by atoms with Gasteiger partial charge in [0.05, 0.1) is 5.69 Å². The molecule has 1 fully saturated rings. The minimum absolute atomic E-state index is 0.0881. The van der Waals surface area contributed by atoms with Crippen molar-refractivity contribution in [1.29, 1.82) is 0 Å². The van der Waals surface area contributed by atoms with E-state index in [4.69, 9.17) is 10.9 Å². The lowest BCUT2D eigenvalue weighted by molar-refractivity contribution is 0.315. The zero-order valence-corrected chi connectivity index (χ0v) is 10.1. The molecule has 0 atom stereocenters. The van der Waals surface area contributed by atoms with E-state index in [2.05, 4.69) is 10.5 Å². The quantitative estimate of drug-likeness (QED) is 0.254. The maximum atomic E-state index is 13.4. The van der Waals surface area contributed by atoms with Gasteiger partial charge in [0.2, 0.25) is 0 Å². The molecule has 1 saturated carbocycles. The number of nitrogens with one attached hydrogen (secondary N) is 1. The number of benzene rings is 1. The minimum Gasteiger partial charge on any atom is -0.409 e. The van der Waals surface area contributed by atoms with Gasteiger partial charge in [0.1, 0.15) is 11.7 Å². The smallest absolute Gasteiger partial charge is 0.182 e. The number of oxime groups is 1. The molecule has 0 bridgehead atoms. The first-order valence-electron chi connectivity index (χ1n) is 5.81. The molecular weight excluding hydrogens is 259 g/mol. The van der Waals surface area contributed by atoms with Crippen molar-refractivity contribution in [2.24, 2.45) is 16.3 Å². The molecule has 19 heavy (non-hydrogen) atoms. The molecule has 0 radical (unpaired) electrons. The van der Waals surface area contributed by atoms with Gasteiger partial charge in [0.15, 0.2) is 11.6 Å². The number of nitrogens with two attached hydrogens (primary N) is 1. The third-order valence-electron chi connectivity index (χ3n) is 3.29. The lowest BCUT2D eigenvalue weighted by Gasteiger charge is -2.16. The van der Waals surface area contributed by atoms with Crippen molar-refractivity contribution in [3.8, 4) is 0 Å². The zero-order valence-electron chi connectivity index (χ0n) is 10.1. The van der Waals surface area contributed by atoms with Crippen LogP contribution in [0.15, 0.2) is 17.3 Å². The SMILES string of the molecule is NC(CC1(CNc2cc(F)cc(F)c2F)CC1)=NO. The molecule has 104 valence electrons. The Kier molecular flexibility index (Phi) is 3.55. The molecule has 0 saturated heterocycles. The van der Waals surface area contributed by atoms with E-state index in [-0.39, 0.29) is 16.9 Å². The highest BCUT2D eigenvalue weighted by atomic mass is 19.2. The lowest BCUT2D eigenvalue weighted by Crippen LogP contribution is -2.24. The predicted octanol–water partition coefficient (Wildman–Crippen LogP) is 2.43. The summed E-state index contributed by atoms with van der Waals surface area (Å²) in [5, 5.41) is 14.1. The molecule has 0 spiro atoms. The van der Waals surface area contributed by atoms with E-state index in [0.717, 1.165) is 18.9 Å². The third kappa shape index (κ3) is 3.10. The summed E-state index contributed by atoms with van der Waals surface area (Å²) < 4.78 is 39.4. The van der Waals surface area contributed by atoms with Crippen molar-refractivity contribution in [2.45, 2.75) is 19.3 Å². The molecule has 0 amide bonds. The summed E-state index contributed by atoms with van der Waals surface area (Å²) in [6, 6.07) is 1.39. The Bertz CT molecular complexity index is 515. The van der Waals surface area contributed by atoms with Crippen molar-refractivity contribution in [2.75, 3.05) is 11.9 Å². The summed E-state index contributed by atoms with van der Waals surface area (Å²) in [5.74, 6) is -3.10. The molecular formula is C12H14F3N3O. The van der Waals surface area contributed by atoms with Gasteiger partial charge in [-0.3, -0.25) is 0 Å². The van der Waals surface area contributed by atoms with E-state index in [1.807, 2.05) is 0 Å². The maximum Gasteiger partial charge on any atom is 0.182 e. The number of halogens is 3. The van der Waals surface area contributed by atoms with Crippen molar-refractivity contribution in [1.82, 2.24) is 0 Å². The summed E-state index contributed by atoms with van der Waals surface area (Å²) in [7, 11) is 0. The number of anilines is 1. The Balaban J connectivity index is 2.03. The monoisotopic (exact) mass is 273 g/mol. The first kappa shape index (κ1) is 13.5. The number of amidine groups is 1. The van der Waals surface area contributed by atoms with Gasteiger partial charge in [-0.05, 0) is 18.3 Å². The normalized spacial score (nSPS) is 17.3. The summed E-state index contributed by atoms with van der Waals surface area (Å²) in [5.41, 5.74) is 4.97. The number of hydrogen-bond acceptors (Lipinski definition) is 3. The van der Waals surface area contributed by atoms with Gasteiger partial charge in [-0.1, -0.05) is 5.16 Å². The van der Waals surface area contributed by atoms with Gasteiger partial charge in [0.25, 0.3) is 0 Å². The highest BCUT2D eigenvalue weighted by Gasteiger charge is 2.43. The van der Waals surface area contributed by atoms with E-state index in [1.165, 1.54) is 0 Å². The number of hydrogen-bond donors (Lipinski definition) is 3. The van der Waals surface area contributed by atoms with E-state index >= 15 is 0 Å². The van der Waals surface area contributed by atoms with Gasteiger partial charge in [-0.15, -0.1) is 0 Å². The highest BCUT2D eigenvalue weighted by Crippen LogP contribution is 2.48. The molecule has 1 aromatic rings. The van der Waals surface area contributed by atoms with E-state index in [0.29, 0.717) is 19.0 Å². The predicted molar refractivity (Wildman–Crippen MR) is 64.5 cm³/mol. The Hall–Kier alpha value is -1.92. The van der Waals surface area contributed by atoms with E-state index in [9.17, 15) is 13.2 Å². The van der Waals surface area contributed by atoms with E-state index < -0.39 is 17.5 Å². The minimum atomic E-state index is -1.23. The van der Waals surface area contributed by atoms with Gasteiger partial charge in [-0.25, -0.2) is 13.2 Å². The van der Waals surface area contributed by atoms with Gasteiger partial charge in [-0.2, -0.15) is 0 Å².